The summed E-state index contributed by atoms with van der Waals surface area (Å²) in [6.45, 7) is 5.40. The van der Waals surface area contributed by atoms with Crippen LogP contribution in [-0.4, -0.2) is 35.2 Å². The maximum atomic E-state index is 11.9. The third kappa shape index (κ3) is 3.59. The quantitative estimate of drug-likeness (QED) is 0.809. The van der Waals surface area contributed by atoms with Crippen LogP contribution in [0.2, 0.25) is 0 Å². The molecule has 0 saturated carbocycles. The highest BCUT2D eigenvalue weighted by Crippen LogP contribution is 2.24. The fraction of sp³-hybridized carbons (Fsp3) is 0.462. The van der Waals surface area contributed by atoms with Crippen LogP contribution >= 0.6 is 0 Å². The minimum atomic E-state index is -1.02. The molecule has 0 saturated heterocycles. The van der Waals surface area contributed by atoms with Gasteiger partial charge < -0.3 is 20.1 Å². The summed E-state index contributed by atoms with van der Waals surface area (Å²) in [6.07, 6.45) is -0.151. The number of anilines is 1. The molecule has 1 aliphatic heterocycles. The van der Waals surface area contributed by atoms with Gasteiger partial charge in [-0.2, -0.15) is 0 Å². The van der Waals surface area contributed by atoms with Gasteiger partial charge in [-0.3, -0.25) is 4.79 Å². The van der Waals surface area contributed by atoms with Crippen LogP contribution in [0.4, 0.5) is 10.6 Å². The molecule has 0 radical (unpaired) electrons. The lowest BCUT2D eigenvalue weighted by atomic mass is 10.1. The van der Waals surface area contributed by atoms with E-state index in [2.05, 4.69) is 15.6 Å². The molecule has 0 fully saturated rings. The van der Waals surface area contributed by atoms with Gasteiger partial charge in [-0.05, 0) is 32.9 Å². The average molecular weight is 279 g/mol. The van der Waals surface area contributed by atoms with Crippen molar-refractivity contribution in [3.63, 3.8) is 0 Å². The number of fused-ring (bicyclic) bond motifs is 1. The Hall–Kier alpha value is -2.31. The van der Waals surface area contributed by atoms with Crippen molar-refractivity contribution >= 4 is 17.8 Å². The highest BCUT2D eigenvalue weighted by molar-refractivity contribution is 5.96. The maximum absolute atomic E-state index is 11.9. The van der Waals surface area contributed by atoms with E-state index in [0.717, 1.165) is 0 Å². The molecule has 108 valence electrons. The number of amides is 2. The molecule has 1 aromatic heterocycles. The van der Waals surface area contributed by atoms with E-state index in [-0.39, 0.29) is 6.61 Å². The Balaban J connectivity index is 2.02. The molecule has 1 aromatic rings. The minimum Gasteiger partial charge on any atom is -0.485 e. The highest BCUT2D eigenvalue weighted by Gasteiger charge is 2.29. The second-order valence-electron chi connectivity index (χ2n) is 5.42. The number of rotatable bonds is 1. The van der Waals surface area contributed by atoms with Crippen LogP contribution in [0.1, 0.15) is 20.8 Å². The molecule has 7 heteroatoms. The first kappa shape index (κ1) is 14.1. The minimum absolute atomic E-state index is 0.0535. The molecule has 0 aliphatic carbocycles. The van der Waals surface area contributed by atoms with Crippen molar-refractivity contribution in [2.24, 2.45) is 0 Å². The lowest BCUT2D eigenvalue weighted by molar-refractivity contribution is -0.125. The van der Waals surface area contributed by atoms with Crippen molar-refractivity contribution in [1.29, 1.82) is 0 Å². The number of pyridine rings is 1. The molecule has 2 N–H and O–H groups in total. The Labute approximate surface area is 116 Å². The summed E-state index contributed by atoms with van der Waals surface area (Å²) < 4.78 is 10.5. The van der Waals surface area contributed by atoms with Gasteiger partial charge >= 0.3 is 6.09 Å². The third-order valence-corrected chi connectivity index (χ3v) is 2.42. The molecule has 1 aliphatic rings. The molecule has 2 amide bonds. The zero-order chi connectivity index (χ0) is 14.8. The first-order valence-electron chi connectivity index (χ1n) is 6.22. The van der Waals surface area contributed by atoms with Gasteiger partial charge in [-0.15, -0.1) is 0 Å². The molecule has 2 heterocycles. The molecule has 7 nitrogen and oxygen atoms in total. The van der Waals surface area contributed by atoms with E-state index in [0.29, 0.717) is 11.6 Å². The number of ether oxygens (including phenoxy) is 2. The van der Waals surface area contributed by atoms with Crippen LogP contribution in [-0.2, 0) is 9.53 Å². The molecule has 20 heavy (non-hydrogen) atoms. The number of nitrogens with zero attached hydrogens (tertiary/aromatic N) is 1. The summed E-state index contributed by atoms with van der Waals surface area (Å²) in [7, 11) is 0. The Morgan fingerprint density at radius 2 is 2.30 bits per heavy atom. The number of hydrogen-bond donors (Lipinski definition) is 2. The van der Waals surface area contributed by atoms with E-state index in [1.54, 1.807) is 12.1 Å². The summed E-state index contributed by atoms with van der Waals surface area (Å²) in [5, 5.41) is 5.18. The molecular weight excluding hydrogens is 262 g/mol. The summed E-state index contributed by atoms with van der Waals surface area (Å²) in [5.41, 5.74) is -0.441. The van der Waals surface area contributed by atoms with Crippen molar-refractivity contribution < 1.29 is 19.1 Å². The Morgan fingerprint density at radius 3 is 3.00 bits per heavy atom. The number of aromatic nitrogens is 1. The number of alkyl carbamates (subject to hydrolysis) is 1. The van der Waals surface area contributed by atoms with Crippen LogP contribution in [0.5, 0.6) is 5.75 Å². The average Bonchev–Trinajstić information content (AvgIpc) is 2.47. The van der Waals surface area contributed by atoms with E-state index in [1.807, 2.05) is 20.8 Å². The summed E-state index contributed by atoms with van der Waals surface area (Å²) in [4.78, 5) is 27.6. The van der Waals surface area contributed by atoms with Gasteiger partial charge in [-0.1, -0.05) is 0 Å². The Kier molecular flexibility index (Phi) is 3.78. The van der Waals surface area contributed by atoms with Crippen molar-refractivity contribution in [2.75, 3.05) is 11.9 Å². The Morgan fingerprint density at radius 1 is 1.55 bits per heavy atom. The molecule has 0 spiro atoms. The first-order chi connectivity index (χ1) is 9.35. The van der Waals surface area contributed by atoms with Crippen LogP contribution in [0.25, 0.3) is 0 Å². The molecule has 0 bridgehead atoms. The SMILES string of the molecule is CC(C)(C)NC(=O)O[C@H]1COc2cccnc2NC1=O. The summed E-state index contributed by atoms with van der Waals surface area (Å²) >= 11 is 0. The highest BCUT2D eigenvalue weighted by atomic mass is 16.6. The van der Waals surface area contributed by atoms with Crippen LogP contribution in [0.15, 0.2) is 18.3 Å². The second-order valence-corrected chi connectivity index (χ2v) is 5.42. The van der Waals surface area contributed by atoms with Crippen LogP contribution < -0.4 is 15.4 Å². The van der Waals surface area contributed by atoms with E-state index >= 15 is 0 Å². The normalized spacial score (nSPS) is 18.1. The molecule has 1 atom stereocenters. The van der Waals surface area contributed by atoms with Gasteiger partial charge in [0.1, 0.15) is 6.61 Å². The van der Waals surface area contributed by atoms with Gasteiger partial charge in [0.2, 0.25) is 6.10 Å². The van der Waals surface area contributed by atoms with E-state index < -0.39 is 23.6 Å². The van der Waals surface area contributed by atoms with Crippen molar-refractivity contribution in [2.45, 2.75) is 32.4 Å². The molecule has 2 rings (SSSR count). The summed E-state index contributed by atoms with van der Waals surface area (Å²) in [5.74, 6) is 0.300. The summed E-state index contributed by atoms with van der Waals surface area (Å²) in [6, 6.07) is 3.37. The fourth-order valence-electron chi connectivity index (χ4n) is 1.59. The lowest BCUT2D eigenvalue weighted by Crippen LogP contribution is -2.45. The smallest absolute Gasteiger partial charge is 0.408 e. The first-order valence-corrected chi connectivity index (χ1v) is 6.22. The van der Waals surface area contributed by atoms with Crippen LogP contribution in [0, 0.1) is 0 Å². The topological polar surface area (TPSA) is 89.6 Å². The Bertz CT molecular complexity index is 525. The zero-order valence-electron chi connectivity index (χ0n) is 11.6. The van der Waals surface area contributed by atoms with Crippen molar-refractivity contribution in [3.05, 3.63) is 18.3 Å². The second kappa shape index (κ2) is 5.36. The van der Waals surface area contributed by atoms with E-state index in [1.165, 1.54) is 6.20 Å². The van der Waals surface area contributed by atoms with Gasteiger partial charge in [0.25, 0.3) is 5.91 Å². The molecule has 0 aromatic carbocycles. The number of carbonyl (C=O) groups is 2. The molecular formula is C13H17N3O4. The predicted molar refractivity (Wildman–Crippen MR) is 71.5 cm³/mol. The van der Waals surface area contributed by atoms with Crippen molar-refractivity contribution in [1.82, 2.24) is 10.3 Å². The third-order valence-electron chi connectivity index (χ3n) is 2.42. The molecule has 0 unspecified atom stereocenters. The largest absolute Gasteiger partial charge is 0.485 e. The van der Waals surface area contributed by atoms with Gasteiger partial charge in [0.05, 0.1) is 0 Å². The lowest BCUT2D eigenvalue weighted by Gasteiger charge is -2.22. The maximum Gasteiger partial charge on any atom is 0.408 e. The number of carbonyl (C=O) groups excluding carboxylic acids is 2. The van der Waals surface area contributed by atoms with E-state index in [4.69, 9.17) is 9.47 Å². The van der Waals surface area contributed by atoms with Crippen LogP contribution in [0.3, 0.4) is 0 Å². The number of hydrogen-bond acceptors (Lipinski definition) is 5. The van der Waals surface area contributed by atoms with Crippen molar-refractivity contribution in [3.8, 4) is 5.75 Å². The van der Waals surface area contributed by atoms with Gasteiger partial charge in [0, 0.05) is 11.7 Å². The fourth-order valence-corrected chi connectivity index (χ4v) is 1.59. The van der Waals surface area contributed by atoms with E-state index in [9.17, 15) is 9.59 Å². The monoisotopic (exact) mass is 279 g/mol. The zero-order valence-corrected chi connectivity index (χ0v) is 11.6. The number of nitrogens with one attached hydrogen (secondary N) is 2. The van der Waals surface area contributed by atoms with Gasteiger partial charge in [0.15, 0.2) is 11.6 Å². The van der Waals surface area contributed by atoms with Gasteiger partial charge in [-0.25, -0.2) is 9.78 Å². The standard InChI is InChI=1S/C13H17N3O4/c1-13(2,3)16-12(18)20-9-7-19-8-5-4-6-14-10(8)15-11(9)17/h4-6,9H,7H2,1-3H3,(H,16,18)(H,14,15,17)/t9-/m0/s1. The predicted octanol–water partition coefficient (Wildman–Crippen LogP) is 1.31.